The molecule has 0 amide bonds. The third-order valence-corrected chi connectivity index (χ3v) is 8.21. The Kier molecular flexibility index (Phi) is 11.5. The van der Waals surface area contributed by atoms with Crippen LogP contribution >= 0.6 is 0 Å². The predicted molar refractivity (Wildman–Crippen MR) is 174 cm³/mol. The number of nitrogens with zero attached hydrogens (tertiary/aromatic N) is 1. The van der Waals surface area contributed by atoms with Crippen LogP contribution in [-0.2, 0) is 39.2 Å². The largest absolute Gasteiger partial charge is 0.497 e. The highest BCUT2D eigenvalue weighted by molar-refractivity contribution is 5.79. The van der Waals surface area contributed by atoms with E-state index in [9.17, 15) is 29.4 Å². The molecular weight excluding hydrogens is 656 g/mol. The third-order valence-electron chi connectivity index (χ3n) is 8.21. The van der Waals surface area contributed by atoms with Gasteiger partial charge in [0.2, 0.25) is 0 Å². The summed E-state index contributed by atoms with van der Waals surface area (Å²) in [5.41, 5.74) is -0.804. The first-order chi connectivity index (χ1) is 24.1. The lowest BCUT2D eigenvalue weighted by atomic mass is 9.80. The molecule has 1 saturated heterocycles. The fraction of sp³-hybridized carbons (Fsp3) is 0.314. The number of aromatic nitrogens is 2. The number of nitrogens with one attached hydrogen (secondary N) is 1. The van der Waals surface area contributed by atoms with Crippen LogP contribution in [0.15, 0.2) is 101 Å². The van der Waals surface area contributed by atoms with E-state index >= 15 is 0 Å². The molecule has 0 saturated carbocycles. The van der Waals surface area contributed by atoms with Gasteiger partial charge in [-0.05, 0) is 41.0 Å². The van der Waals surface area contributed by atoms with Gasteiger partial charge in [0.1, 0.15) is 29.3 Å². The second kappa shape index (κ2) is 15.9. The summed E-state index contributed by atoms with van der Waals surface area (Å²) in [6.45, 7) is -0.324. The molecule has 1 aromatic heterocycles. The summed E-state index contributed by atoms with van der Waals surface area (Å²) in [6, 6.07) is 24.9. The second-order valence-corrected chi connectivity index (χ2v) is 11.2. The van der Waals surface area contributed by atoms with Crippen molar-refractivity contribution < 1.29 is 53.3 Å². The van der Waals surface area contributed by atoms with Crippen LogP contribution in [0.4, 0.5) is 0 Å². The van der Waals surface area contributed by atoms with Gasteiger partial charge in [-0.25, -0.2) is 19.4 Å². The minimum Gasteiger partial charge on any atom is -0.497 e. The highest BCUT2D eigenvalue weighted by Gasteiger charge is 2.52. The van der Waals surface area contributed by atoms with Gasteiger partial charge in [-0.3, -0.25) is 19.1 Å². The van der Waals surface area contributed by atoms with Crippen LogP contribution in [0.2, 0.25) is 0 Å². The fourth-order valence-electron chi connectivity index (χ4n) is 5.90. The standard InChI is InChI=1S/C35H36N2O13/c1-44-24-13-9-22(10-14-24)35(21-7-5-4-6-8-21,23-11-15-25(45-2)16-12-23)47-20-27-30(48-26(33(41)42)19-29(39)40)31(50-46-3)32(49-27)37-18-17-28(38)36-34(37)43/h4-18,26-27,30-32H,19-20H2,1-3H3,(H,39,40)(H,41,42)(H,36,38,43)/t26?,27-,30?,31?,32-/m0/s1. The van der Waals surface area contributed by atoms with Crippen molar-refractivity contribution in [3.63, 3.8) is 0 Å². The van der Waals surface area contributed by atoms with E-state index in [1.165, 1.54) is 13.3 Å². The van der Waals surface area contributed by atoms with Crippen molar-refractivity contribution in [3.8, 4) is 11.5 Å². The van der Waals surface area contributed by atoms with E-state index in [0.717, 1.165) is 10.6 Å². The normalized spacial score (nSPS) is 19.5. The van der Waals surface area contributed by atoms with Crippen LogP contribution in [0.25, 0.3) is 0 Å². The molecule has 4 aromatic rings. The number of benzene rings is 3. The summed E-state index contributed by atoms with van der Waals surface area (Å²) in [7, 11) is 4.29. The number of H-pyrrole nitrogens is 1. The van der Waals surface area contributed by atoms with Crippen LogP contribution in [0.1, 0.15) is 29.3 Å². The molecule has 3 N–H and O–H groups in total. The number of rotatable bonds is 16. The van der Waals surface area contributed by atoms with E-state index in [1.54, 1.807) is 38.5 Å². The summed E-state index contributed by atoms with van der Waals surface area (Å²) < 4.78 is 31.0. The maximum absolute atomic E-state index is 12.9. The van der Waals surface area contributed by atoms with Crippen LogP contribution in [0.3, 0.4) is 0 Å². The zero-order valence-corrected chi connectivity index (χ0v) is 27.3. The maximum Gasteiger partial charge on any atom is 0.333 e. The number of carboxylic acid groups (broad SMARTS) is 2. The Hall–Kier alpha value is -5.32. The molecule has 0 bridgehead atoms. The Morgan fingerprint density at radius 1 is 0.840 bits per heavy atom. The number of hydrogen-bond acceptors (Lipinski definition) is 11. The topological polar surface area (TPSA) is 194 Å². The van der Waals surface area contributed by atoms with Gasteiger partial charge in [0.15, 0.2) is 18.4 Å². The Balaban J connectivity index is 1.64. The number of aromatic amines is 1. The average molecular weight is 693 g/mol. The molecule has 1 fully saturated rings. The zero-order valence-electron chi connectivity index (χ0n) is 27.3. The Bertz CT molecular complexity index is 1810. The van der Waals surface area contributed by atoms with Crippen LogP contribution in [-0.4, -0.2) is 84.1 Å². The van der Waals surface area contributed by atoms with Crippen molar-refractivity contribution in [2.75, 3.05) is 27.9 Å². The number of carbonyl (C=O) groups is 2. The third kappa shape index (κ3) is 7.61. The minimum atomic E-state index is -1.85. The molecule has 0 aliphatic carbocycles. The number of aliphatic carboxylic acids is 2. The molecule has 264 valence electrons. The van der Waals surface area contributed by atoms with E-state index in [2.05, 4.69) is 4.98 Å². The second-order valence-electron chi connectivity index (χ2n) is 11.2. The summed E-state index contributed by atoms with van der Waals surface area (Å²) in [6.07, 6.45) is -6.83. The molecule has 3 unspecified atom stereocenters. The van der Waals surface area contributed by atoms with Crippen LogP contribution < -0.4 is 20.7 Å². The average Bonchev–Trinajstić information content (AvgIpc) is 3.45. The Morgan fingerprint density at radius 3 is 1.92 bits per heavy atom. The van der Waals surface area contributed by atoms with Crippen molar-refractivity contribution in [2.24, 2.45) is 0 Å². The van der Waals surface area contributed by atoms with Crippen LogP contribution in [0.5, 0.6) is 11.5 Å². The molecule has 5 rings (SSSR count). The number of hydrogen-bond donors (Lipinski definition) is 3. The van der Waals surface area contributed by atoms with Crippen molar-refractivity contribution in [3.05, 3.63) is 129 Å². The van der Waals surface area contributed by atoms with E-state index in [4.69, 9.17) is 33.5 Å². The summed E-state index contributed by atoms with van der Waals surface area (Å²) in [4.78, 5) is 61.2. The monoisotopic (exact) mass is 692 g/mol. The molecule has 3 aromatic carbocycles. The molecule has 50 heavy (non-hydrogen) atoms. The van der Waals surface area contributed by atoms with Gasteiger partial charge in [-0.2, -0.15) is 0 Å². The summed E-state index contributed by atoms with van der Waals surface area (Å²) >= 11 is 0. The van der Waals surface area contributed by atoms with Crippen molar-refractivity contribution in [1.82, 2.24) is 9.55 Å². The van der Waals surface area contributed by atoms with E-state index in [-0.39, 0.29) is 6.61 Å². The highest BCUT2D eigenvalue weighted by atomic mass is 17.2. The SMILES string of the molecule is COOC1C(OC(CC(=O)O)C(=O)O)[C@H](COC(c2ccccc2)(c2ccc(OC)cc2)c2ccc(OC)cc2)O[C@@H]1n1ccc(=O)[nH]c1=O. The molecule has 2 heterocycles. The molecule has 1 aliphatic rings. The molecule has 0 spiro atoms. The van der Waals surface area contributed by atoms with E-state index in [1.807, 2.05) is 54.6 Å². The van der Waals surface area contributed by atoms with Crippen molar-refractivity contribution in [2.45, 2.75) is 42.7 Å². The van der Waals surface area contributed by atoms with Gasteiger partial charge in [0.25, 0.3) is 5.56 Å². The quantitative estimate of drug-likeness (QED) is 0.0882. The maximum atomic E-state index is 12.9. The number of methoxy groups -OCH3 is 2. The van der Waals surface area contributed by atoms with Gasteiger partial charge in [-0.15, -0.1) is 0 Å². The summed E-state index contributed by atoms with van der Waals surface area (Å²) in [5.74, 6) is -1.78. The summed E-state index contributed by atoms with van der Waals surface area (Å²) in [5, 5.41) is 19.3. The van der Waals surface area contributed by atoms with Gasteiger partial charge in [0, 0.05) is 12.3 Å². The molecule has 0 radical (unpaired) electrons. The minimum absolute atomic E-state index is 0.324. The first kappa shape index (κ1) is 36.0. The number of ether oxygens (including phenoxy) is 5. The Labute approximate surface area is 285 Å². The lowest BCUT2D eigenvalue weighted by molar-refractivity contribution is -0.331. The molecule has 1 aliphatic heterocycles. The molecule has 15 nitrogen and oxygen atoms in total. The van der Waals surface area contributed by atoms with Gasteiger partial charge < -0.3 is 33.9 Å². The number of carboxylic acids is 2. The van der Waals surface area contributed by atoms with Crippen molar-refractivity contribution >= 4 is 11.9 Å². The van der Waals surface area contributed by atoms with Crippen molar-refractivity contribution in [1.29, 1.82) is 0 Å². The smallest absolute Gasteiger partial charge is 0.333 e. The fourth-order valence-corrected chi connectivity index (χ4v) is 5.90. The lowest BCUT2D eigenvalue weighted by Crippen LogP contribution is -2.45. The van der Waals surface area contributed by atoms with Gasteiger partial charge >= 0.3 is 17.6 Å². The van der Waals surface area contributed by atoms with Gasteiger partial charge in [-0.1, -0.05) is 54.6 Å². The van der Waals surface area contributed by atoms with E-state index < -0.39 is 65.9 Å². The predicted octanol–water partition coefficient (Wildman–Crippen LogP) is 2.72. The molecular formula is C35H36N2O13. The molecule has 15 heteroatoms. The van der Waals surface area contributed by atoms with Gasteiger partial charge in [0.05, 0.1) is 34.4 Å². The first-order valence-electron chi connectivity index (χ1n) is 15.4. The van der Waals surface area contributed by atoms with Crippen LogP contribution in [0, 0.1) is 0 Å². The first-order valence-corrected chi connectivity index (χ1v) is 15.4. The Morgan fingerprint density at radius 2 is 1.42 bits per heavy atom. The zero-order chi connectivity index (χ0) is 35.8. The lowest BCUT2D eigenvalue weighted by Gasteiger charge is -2.37. The van der Waals surface area contributed by atoms with E-state index in [0.29, 0.717) is 28.2 Å². The highest BCUT2D eigenvalue weighted by Crippen LogP contribution is 2.43. The molecule has 5 atom stereocenters.